The summed E-state index contributed by atoms with van der Waals surface area (Å²) in [6.07, 6.45) is -8.37. The fourth-order valence-corrected chi connectivity index (χ4v) is 1.94. The molecule has 0 fully saturated rings. The molecule has 13 heteroatoms. The number of hydrogen-bond acceptors (Lipinski definition) is 1. The second kappa shape index (κ2) is 9.05. The number of unbranched alkanes of at least 4 members (excludes halogenated alkanes) is 3. The van der Waals surface area contributed by atoms with Gasteiger partial charge < -0.3 is 4.74 Å². The van der Waals surface area contributed by atoms with E-state index in [4.69, 9.17) is 0 Å². The van der Waals surface area contributed by atoms with Crippen LogP contribution in [0.2, 0.25) is 0 Å². The van der Waals surface area contributed by atoms with Crippen LogP contribution in [0, 0.1) is 0 Å². The standard InChI is InChI=1S/C12H14BrF11O/c13-5-3-1-2-4-6-25-8(16)10(19,20)12(23,24)11(21,22)9(17,18)7(14)15/h7-8H,1-6H2. The molecule has 0 aliphatic rings. The van der Waals surface area contributed by atoms with Gasteiger partial charge in [0.05, 0.1) is 6.61 Å². The highest BCUT2D eigenvalue weighted by Gasteiger charge is 2.84. The van der Waals surface area contributed by atoms with Crippen LogP contribution in [0.1, 0.15) is 25.7 Å². The first-order valence-corrected chi connectivity index (χ1v) is 7.91. The summed E-state index contributed by atoms with van der Waals surface area (Å²) in [6.45, 7) is -0.883. The van der Waals surface area contributed by atoms with Gasteiger partial charge in [-0.05, 0) is 12.8 Å². The van der Waals surface area contributed by atoms with E-state index in [1.54, 1.807) is 0 Å². The second-order valence-electron chi connectivity index (χ2n) is 4.99. The highest BCUT2D eigenvalue weighted by atomic mass is 79.9. The summed E-state index contributed by atoms with van der Waals surface area (Å²) >= 11 is 3.07. The van der Waals surface area contributed by atoms with Gasteiger partial charge in [-0.2, -0.15) is 35.1 Å². The van der Waals surface area contributed by atoms with Crippen molar-refractivity contribution in [3.05, 3.63) is 0 Å². The molecule has 0 rings (SSSR count). The molecule has 0 aromatic carbocycles. The van der Waals surface area contributed by atoms with Crippen molar-refractivity contribution >= 4 is 15.9 Å². The van der Waals surface area contributed by atoms with Gasteiger partial charge in [0.25, 0.3) is 6.36 Å². The molecule has 1 unspecified atom stereocenters. The number of halogens is 12. The van der Waals surface area contributed by atoms with Crippen LogP contribution in [0.25, 0.3) is 0 Å². The van der Waals surface area contributed by atoms with Gasteiger partial charge in [-0.25, -0.2) is 13.2 Å². The van der Waals surface area contributed by atoms with Crippen LogP contribution < -0.4 is 0 Å². The maximum Gasteiger partial charge on any atom is 0.384 e. The average molecular weight is 463 g/mol. The van der Waals surface area contributed by atoms with Gasteiger partial charge in [0.2, 0.25) is 0 Å². The van der Waals surface area contributed by atoms with Crippen LogP contribution in [0.3, 0.4) is 0 Å². The lowest BCUT2D eigenvalue weighted by Gasteiger charge is -2.37. The zero-order valence-corrected chi connectivity index (χ0v) is 13.9. The average Bonchev–Trinajstić information content (AvgIpc) is 2.49. The lowest BCUT2D eigenvalue weighted by Crippen LogP contribution is -2.66. The molecule has 0 saturated heterocycles. The summed E-state index contributed by atoms with van der Waals surface area (Å²) in [6, 6.07) is 0. The number of ether oxygens (including phenoxy) is 1. The maximum absolute atomic E-state index is 13.2. The predicted octanol–water partition coefficient (Wildman–Crippen LogP) is 6.06. The van der Waals surface area contributed by atoms with E-state index in [0.717, 1.165) is 0 Å². The van der Waals surface area contributed by atoms with E-state index in [1.807, 2.05) is 0 Å². The molecule has 0 aromatic heterocycles. The SMILES string of the molecule is FC(F)C(F)(F)C(F)(F)C(F)(F)C(F)(F)C(F)OCCCCCCBr. The second-order valence-corrected chi connectivity index (χ2v) is 5.78. The molecule has 1 atom stereocenters. The maximum atomic E-state index is 13.2. The summed E-state index contributed by atoms with van der Waals surface area (Å²) in [5.41, 5.74) is 0. The fraction of sp³-hybridized carbons (Fsp3) is 1.00. The van der Waals surface area contributed by atoms with E-state index in [1.165, 1.54) is 0 Å². The molecule has 0 heterocycles. The lowest BCUT2D eigenvalue weighted by atomic mass is 9.98. The minimum atomic E-state index is -7.22. The van der Waals surface area contributed by atoms with Gasteiger partial charge in [0, 0.05) is 5.33 Å². The molecule has 25 heavy (non-hydrogen) atoms. The van der Waals surface area contributed by atoms with Crippen molar-refractivity contribution in [3.63, 3.8) is 0 Å². The number of alkyl halides is 12. The van der Waals surface area contributed by atoms with Crippen molar-refractivity contribution in [2.75, 3.05) is 11.9 Å². The molecule has 152 valence electrons. The third kappa shape index (κ3) is 5.10. The van der Waals surface area contributed by atoms with Crippen molar-refractivity contribution in [2.24, 2.45) is 0 Å². The van der Waals surface area contributed by atoms with Crippen molar-refractivity contribution < 1.29 is 53.0 Å². The fourth-order valence-electron chi connectivity index (χ4n) is 1.54. The van der Waals surface area contributed by atoms with Gasteiger partial charge >= 0.3 is 30.1 Å². The molecule has 0 radical (unpaired) electrons. The van der Waals surface area contributed by atoms with Gasteiger partial charge in [-0.3, -0.25) is 0 Å². The Labute approximate surface area is 144 Å². The number of hydrogen-bond donors (Lipinski definition) is 0. The van der Waals surface area contributed by atoms with Crippen LogP contribution >= 0.6 is 15.9 Å². The van der Waals surface area contributed by atoms with Crippen molar-refractivity contribution in [2.45, 2.75) is 62.2 Å². The molecule has 1 nitrogen and oxygen atoms in total. The van der Waals surface area contributed by atoms with Gasteiger partial charge in [-0.1, -0.05) is 28.8 Å². The van der Waals surface area contributed by atoms with Crippen LogP contribution in [-0.4, -0.2) is 48.4 Å². The largest absolute Gasteiger partial charge is 0.384 e. The Morgan fingerprint density at radius 2 is 1.12 bits per heavy atom. The summed E-state index contributed by atoms with van der Waals surface area (Å²) in [5.74, 6) is -27.6. The monoisotopic (exact) mass is 462 g/mol. The minimum Gasteiger partial charge on any atom is -0.343 e. The van der Waals surface area contributed by atoms with Gasteiger partial charge in [0.1, 0.15) is 0 Å². The third-order valence-electron chi connectivity index (χ3n) is 3.08. The molecule has 0 spiro atoms. The Morgan fingerprint density at radius 1 is 0.680 bits per heavy atom. The molecule has 0 amide bonds. The van der Waals surface area contributed by atoms with Crippen LogP contribution in [0.5, 0.6) is 0 Å². The number of rotatable bonds is 12. The van der Waals surface area contributed by atoms with Crippen molar-refractivity contribution in [1.82, 2.24) is 0 Å². The first kappa shape index (κ1) is 24.7. The van der Waals surface area contributed by atoms with Gasteiger partial charge in [0.15, 0.2) is 0 Å². The molecular weight excluding hydrogens is 449 g/mol. The highest BCUT2D eigenvalue weighted by molar-refractivity contribution is 9.09. The van der Waals surface area contributed by atoms with Crippen LogP contribution in [0.15, 0.2) is 0 Å². The van der Waals surface area contributed by atoms with E-state index in [9.17, 15) is 48.3 Å². The van der Waals surface area contributed by atoms with Crippen molar-refractivity contribution in [3.8, 4) is 0 Å². The molecule has 0 N–H and O–H groups in total. The molecule has 0 saturated carbocycles. The lowest BCUT2D eigenvalue weighted by molar-refractivity contribution is -0.405. The Balaban J connectivity index is 5.07. The zero-order chi connectivity index (χ0) is 20.1. The molecule has 0 bridgehead atoms. The van der Waals surface area contributed by atoms with E-state index >= 15 is 0 Å². The normalized spacial score (nSPS) is 15.7. The predicted molar refractivity (Wildman–Crippen MR) is 68.9 cm³/mol. The Kier molecular flexibility index (Phi) is 8.93. The van der Waals surface area contributed by atoms with E-state index in [2.05, 4.69) is 20.7 Å². The van der Waals surface area contributed by atoms with E-state index in [-0.39, 0.29) is 6.42 Å². The first-order valence-electron chi connectivity index (χ1n) is 6.79. The molecular formula is C12H14BrF11O. The Bertz CT molecular complexity index is 403. The topological polar surface area (TPSA) is 9.23 Å². The molecule has 0 aromatic rings. The molecule has 0 aliphatic heterocycles. The zero-order valence-electron chi connectivity index (χ0n) is 12.3. The first-order chi connectivity index (χ1) is 11.2. The van der Waals surface area contributed by atoms with E-state index < -0.39 is 43.1 Å². The Morgan fingerprint density at radius 3 is 1.56 bits per heavy atom. The third-order valence-corrected chi connectivity index (χ3v) is 3.64. The van der Waals surface area contributed by atoms with Crippen LogP contribution in [0.4, 0.5) is 48.3 Å². The summed E-state index contributed by atoms with van der Waals surface area (Å²) in [7, 11) is 0. The summed E-state index contributed by atoms with van der Waals surface area (Å²) in [4.78, 5) is 0. The van der Waals surface area contributed by atoms with Crippen LogP contribution in [-0.2, 0) is 4.74 Å². The minimum absolute atomic E-state index is 0.0986. The van der Waals surface area contributed by atoms with E-state index in [0.29, 0.717) is 24.6 Å². The Hall–Kier alpha value is -0.330. The smallest absolute Gasteiger partial charge is 0.343 e. The quantitative estimate of drug-likeness (QED) is 0.194. The summed E-state index contributed by atoms with van der Waals surface area (Å²) < 4.78 is 144. The molecule has 0 aliphatic carbocycles. The summed E-state index contributed by atoms with van der Waals surface area (Å²) in [5, 5.41) is 0.608. The highest BCUT2D eigenvalue weighted by Crippen LogP contribution is 2.55. The van der Waals surface area contributed by atoms with Gasteiger partial charge in [-0.15, -0.1) is 0 Å². The van der Waals surface area contributed by atoms with Crippen molar-refractivity contribution in [1.29, 1.82) is 0 Å².